The van der Waals surface area contributed by atoms with E-state index in [1.807, 2.05) is 13.8 Å². The first kappa shape index (κ1) is 14.8. The lowest BCUT2D eigenvalue weighted by molar-refractivity contribution is -0.131. The highest BCUT2D eigenvalue weighted by molar-refractivity contribution is 5.90. The zero-order valence-electron chi connectivity index (χ0n) is 11.1. The molecule has 102 valence electrons. The van der Waals surface area contributed by atoms with Crippen molar-refractivity contribution < 1.29 is 14.7 Å². The quantitative estimate of drug-likeness (QED) is 0.801. The second-order valence-corrected chi connectivity index (χ2v) is 3.90. The SMILES string of the molecule is CCN(CC)C(=O)Nc1cccc(C=CC(=O)O)c1. The van der Waals surface area contributed by atoms with Gasteiger partial charge in [-0.1, -0.05) is 12.1 Å². The summed E-state index contributed by atoms with van der Waals surface area (Å²) in [5, 5.41) is 11.3. The summed E-state index contributed by atoms with van der Waals surface area (Å²) < 4.78 is 0. The van der Waals surface area contributed by atoms with Gasteiger partial charge < -0.3 is 15.3 Å². The molecular formula is C14H18N2O3. The number of aliphatic carboxylic acids is 1. The molecule has 5 nitrogen and oxygen atoms in total. The molecule has 1 rings (SSSR count). The molecule has 0 saturated carbocycles. The summed E-state index contributed by atoms with van der Waals surface area (Å²) in [5.41, 5.74) is 1.36. The average Bonchev–Trinajstić information content (AvgIpc) is 2.38. The predicted molar refractivity (Wildman–Crippen MR) is 75.1 cm³/mol. The summed E-state index contributed by atoms with van der Waals surface area (Å²) in [6.07, 6.45) is 2.54. The Balaban J connectivity index is 2.77. The smallest absolute Gasteiger partial charge is 0.328 e. The van der Waals surface area contributed by atoms with Crippen LogP contribution in [0, 0.1) is 0 Å². The third-order valence-electron chi connectivity index (χ3n) is 2.61. The van der Waals surface area contributed by atoms with E-state index in [2.05, 4.69) is 5.32 Å². The molecule has 0 saturated heterocycles. The minimum Gasteiger partial charge on any atom is -0.478 e. The van der Waals surface area contributed by atoms with Gasteiger partial charge in [-0.25, -0.2) is 9.59 Å². The Morgan fingerprint density at radius 3 is 2.58 bits per heavy atom. The molecule has 0 unspecified atom stereocenters. The van der Waals surface area contributed by atoms with E-state index in [0.29, 0.717) is 18.8 Å². The number of carboxylic acids is 1. The number of rotatable bonds is 5. The van der Waals surface area contributed by atoms with Gasteiger partial charge in [0.15, 0.2) is 0 Å². The molecule has 0 spiro atoms. The molecule has 1 aromatic carbocycles. The molecule has 19 heavy (non-hydrogen) atoms. The molecule has 0 fully saturated rings. The number of hydrogen-bond donors (Lipinski definition) is 2. The van der Waals surface area contributed by atoms with E-state index >= 15 is 0 Å². The largest absolute Gasteiger partial charge is 0.478 e. The number of carbonyl (C=O) groups is 2. The van der Waals surface area contributed by atoms with E-state index in [1.54, 1.807) is 29.2 Å². The van der Waals surface area contributed by atoms with Gasteiger partial charge in [0.05, 0.1) is 0 Å². The predicted octanol–water partition coefficient (Wildman–Crippen LogP) is 2.66. The molecule has 2 amide bonds. The summed E-state index contributed by atoms with van der Waals surface area (Å²) in [6.45, 7) is 5.10. The summed E-state index contributed by atoms with van der Waals surface area (Å²) in [7, 11) is 0. The number of nitrogens with one attached hydrogen (secondary N) is 1. The van der Waals surface area contributed by atoms with Gasteiger partial charge >= 0.3 is 12.0 Å². The number of hydrogen-bond acceptors (Lipinski definition) is 2. The lowest BCUT2D eigenvalue weighted by atomic mass is 10.2. The van der Waals surface area contributed by atoms with Crippen molar-refractivity contribution >= 4 is 23.8 Å². The van der Waals surface area contributed by atoms with Gasteiger partial charge in [0, 0.05) is 24.9 Å². The van der Waals surface area contributed by atoms with Gasteiger partial charge in [0.2, 0.25) is 0 Å². The molecule has 5 heteroatoms. The van der Waals surface area contributed by atoms with Crippen molar-refractivity contribution in [3.05, 3.63) is 35.9 Å². The Labute approximate surface area is 112 Å². The molecule has 0 aliphatic heterocycles. The monoisotopic (exact) mass is 262 g/mol. The van der Waals surface area contributed by atoms with Gasteiger partial charge in [-0.15, -0.1) is 0 Å². The first-order valence-corrected chi connectivity index (χ1v) is 6.13. The average molecular weight is 262 g/mol. The molecule has 0 aromatic heterocycles. The van der Waals surface area contributed by atoms with Crippen LogP contribution in [0.3, 0.4) is 0 Å². The number of carboxylic acid groups (broad SMARTS) is 1. The van der Waals surface area contributed by atoms with Gasteiger partial charge in [0.25, 0.3) is 0 Å². The maximum Gasteiger partial charge on any atom is 0.328 e. The summed E-state index contributed by atoms with van der Waals surface area (Å²) in [5.74, 6) is -1.00. The summed E-state index contributed by atoms with van der Waals surface area (Å²) in [4.78, 5) is 24.0. The lowest BCUT2D eigenvalue weighted by Crippen LogP contribution is -2.34. The van der Waals surface area contributed by atoms with E-state index < -0.39 is 5.97 Å². The fourth-order valence-corrected chi connectivity index (χ4v) is 1.60. The molecule has 1 aromatic rings. The van der Waals surface area contributed by atoms with Crippen LogP contribution in [0.5, 0.6) is 0 Å². The number of carbonyl (C=O) groups excluding carboxylic acids is 1. The van der Waals surface area contributed by atoms with Crippen molar-refractivity contribution in [3.8, 4) is 0 Å². The molecule has 0 bridgehead atoms. The Kier molecular flexibility index (Phi) is 5.60. The normalized spacial score (nSPS) is 10.4. The van der Waals surface area contributed by atoms with E-state index in [-0.39, 0.29) is 6.03 Å². The zero-order chi connectivity index (χ0) is 14.3. The molecule has 0 aliphatic rings. The highest BCUT2D eigenvalue weighted by Gasteiger charge is 2.08. The second-order valence-electron chi connectivity index (χ2n) is 3.90. The van der Waals surface area contributed by atoms with Crippen molar-refractivity contribution in [1.82, 2.24) is 4.90 Å². The van der Waals surface area contributed by atoms with Crippen molar-refractivity contribution in [2.45, 2.75) is 13.8 Å². The van der Waals surface area contributed by atoms with E-state index in [4.69, 9.17) is 5.11 Å². The zero-order valence-corrected chi connectivity index (χ0v) is 11.1. The Hall–Kier alpha value is -2.30. The Bertz CT molecular complexity index is 479. The van der Waals surface area contributed by atoms with Gasteiger partial charge in [0.1, 0.15) is 0 Å². The number of nitrogens with zero attached hydrogens (tertiary/aromatic N) is 1. The number of urea groups is 1. The van der Waals surface area contributed by atoms with E-state index in [9.17, 15) is 9.59 Å². The number of amides is 2. The molecule has 0 atom stereocenters. The van der Waals surface area contributed by atoms with Gasteiger partial charge in [-0.05, 0) is 37.6 Å². The first-order valence-electron chi connectivity index (χ1n) is 6.13. The second kappa shape index (κ2) is 7.20. The molecular weight excluding hydrogens is 244 g/mol. The molecule has 2 N–H and O–H groups in total. The van der Waals surface area contributed by atoms with Crippen molar-refractivity contribution in [2.24, 2.45) is 0 Å². The third kappa shape index (κ3) is 4.83. The molecule has 0 radical (unpaired) electrons. The Morgan fingerprint density at radius 2 is 2.00 bits per heavy atom. The van der Waals surface area contributed by atoms with Gasteiger partial charge in [-0.3, -0.25) is 0 Å². The fraction of sp³-hybridized carbons (Fsp3) is 0.286. The molecule has 0 aliphatic carbocycles. The maximum atomic E-state index is 11.9. The summed E-state index contributed by atoms with van der Waals surface area (Å²) in [6, 6.07) is 6.86. The van der Waals surface area contributed by atoms with Crippen molar-refractivity contribution in [2.75, 3.05) is 18.4 Å². The highest BCUT2D eigenvalue weighted by Crippen LogP contribution is 2.12. The van der Waals surface area contributed by atoms with Crippen LogP contribution in [0.4, 0.5) is 10.5 Å². The third-order valence-corrected chi connectivity index (χ3v) is 2.61. The Morgan fingerprint density at radius 1 is 1.32 bits per heavy atom. The van der Waals surface area contributed by atoms with E-state index in [1.165, 1.54) is 6.08 Å². The number of benzene rings is 1. The topological polar surface area (TPSA) is 69.6 Å². The standard InChI is InChI=1S/C14H18N2O3/c1-3-16(4-2)14(19)15-12-7-5-6-11(10-12)8-9-13(17)18/h5-10H,3-4H2,1-2H3,(H,15,19)(H,17,18). The van der Waals surface area contributed by atoms with Gasteiger partial charge in [-0.2, -0.15) is 0 Å². The minimum absolute atomic E-state index is 0.163. The number of anilines is 1. The summed E-state index contributed by atoms with van der Waals surface area (Å²) >= 11 is 0. The van der Waals surface area contributed by atoms with Crippen molar-refractivity contribution in [1.29, 1.82) is 0 Å². The van der Waals surface area contributed by atoms with Crippen LogP contribution in [0.15, 0.2) is 30.3 Å². The minimum atomic E-state index is -1.00. The van der Waals surface area contributed by atoms with E-state index in [0.717, 1.165) is 11.6 Å². The first-order chi connectivity index (χ1) is 9.06. The highest BCUT2D eigenvalue weighted by atomic mass is 16.4. The lowest BCUT2D eigenvalue weighted by Gasteiger charge is -2.19. The van der Waals surface area contributed by atoms with Crippen LogP contribution < -0.4 is 5.32 Å². The van der Waals surface area contributed by atoms with Crippen LogP contribution in [0.1, 0.15) is 19.4 Å². The van der Waals surface area contributed by atoms with Crippen LogP contribution in [-0.4, -0.2) is 35.1 Å². The maximum absolute atomic E-state index is 11.9. The molecule has 0 heterocycles. The van der Waals surface area contributed by atoms with Crippen LogP contribution in [-0.2, 0) is 4.79 Å². The van der Waals surface area contributed by atoms with Crippen LogP contribution in [0.25, 0.3) is 6.08 Å². The van der Waals surface area contributed by atoms with Crippen LogP contribution >= 0.6 is 0 Å². The van der Waals surface area contributed by atoms with Crippen molar-refractivity contribution in [3.63, 3.8) is 0 Å². The van der Waals surface area contributed by atoms with Crippen LogP contribution in [0.2, 0.25) is 0 Å². The fourth-order valence-electron chi connectivity index (χ4n) is 1.60.